The summed E-state index contributed by atoms with van der Waals surface area (Å²) in [5.74, 6) is -0.783. The molecule has 4 heteroatoms. The highest BCUT2D eigenvalue weighted by atomic mass is 16.7. The van der Waals surface area contributed by atoms with Crippen LogP contribution >= 0.6 is 0 Å². The van der Waals surface area contributed by atoms with E-state index < -0.39 is 11.8 Å². The number of rotatable bonds is 2. The molecule has 18 heavy (non-hydrogen) atoms. The quantitative estimate of drug-likeness (QED) is 0.820. The van der Waals surface area contributed by atoms with Crippen molar-refractivity contribution in [3.8, 4) is 11.5 Å². The number of hydrogen-bond donors (Lipinski definition) is 1. The zero-order chi connectivity index (χ0) is 13.5. The van der Waals surface area contributed by atoms with Crippen LogP contribution in [-0.4, -0.2) is 16.9 Å². The summed E-state index contributed by atoms with van der Waals surface area (Å²) in [7, 11) is 0. The van der Waals surface area contributed by atoms with Crippen molar-refractivity contribution in [2.75, 3.05) is 0 Å². The number of phenols is 1. The Kier molecular flexibility index (Phi) is 2.97. The average molecular weight is 250 g/mol. The molecule has 4 nitrogen and oxygen atoms in total. The molecule has 0 atom stereocenters. The third-order valence-corrected chi connectivity index (χ3v) is 2.75. The van der Waals surface area contributed by atoms with Crippen LogP contribution in [0.1, 0.15) is 43.6 Å². The molecule has 0 aromatic heterocycles. The minimum atomic E-state index is -0.990. The molecule has 1 aliphatic rings. The molecular formula is C14H18O4. The second-order valence-corrected chi connectivity index (χ2v) is 5.44. The fourth-order valence-corrected chi connectivity index (χ4v) is 2.06. The first-order valence-electron chi connectivity index (χ1n) is 6.07. The van der Waals surface area contributed by atoms with Gasteiger partial charge in [-0.15, -0.1) is 0 Å². The number of benzene rings is 1. The van der Waals surface area contributed by atoms with E-state index in [0.29, 0.717) is 18.1 Å². The topological polar surface area (TPSA) is 55.8 Å². The molecule has 0 bridgehead atoms. The van der Waals surface area contributed by atoms with Crippen LogP contribution in [0.25, 0.3) is 0 Å². The van der Waals surface area contributed by atoms with Crippen molar-refractivity contribution in [3.63, 3.8) is 0 Å². The number of fused-ring (bicyclic) bond motifs is 1. The van der Waals surface area contributed by atoms with Crippen LogP contribution in [0.4, 0.5) is 0 Å². The zero-order valence-corrected chi connectivity index (χ0v) is 11.1. The molecule has 0 fully saturated rings. The first-order chi connectivity index (χ1) is 8.30. The van der Waals surface area contributed by atoms with E-state index in [4.69, 9.17) is 9.47 Å². The van der Waals surface area contributed by atoms with Gasteiger partial charge in [0.25, 0.3) is 0 Å². The smallest absolute Gasteiger partial charge is 0.349 e. The van der Waals surface area contributed by atoms with Crippen LogP contribution < -0.4 is 4.74 Å². The third kappa shape index (κ3) is 2.28. The second-order valence-electron chi connectivity index (χ2n) is 5.44. The SMILES string of the molecule is CC(C)Cc1ccc2c(c1O)C(=O)OC(C)(C)O2. The molecule has 1 aromatic rings. The Labute approximate surface area is 107 Å². The highest BCUT2D eigenvalue weighted by Crippen LogP contribution is 2.38. The Morgan fingerprint density at radius 3 is 2.56 bits per heavy atom. The summed E-state index contributed by atoms with van der Waals surface area (Å²) in [5, 5.41) is 10.1. The lowest BCUT2D eigenvalue weighted by atomic mass is 9.98. The zero-order valence-electron chi connectivity index (χ0n) is 11.1. The molecule has 0 saturated carbocycles. The summed E-state index contributed by atoms with van der Waals surface area (Å²) in [6.45, 7) is 7.42. The molecule has 1 aliphatic heterocycles. The van der Waals surface area contributed by atoms with Gasteiger partial charge >= 0.3 is 5.97 Å². The van der Waals surface area contributed by atoms with E-state index in [1.807, 2.05) is 0 Å². The largest absolute Gasteiger partial charge is 0.507 e. The number of carbonyl (C=O) groups is 1. The van der Waals surface area contributed by atoms with Gasteiger partial charge in [0, 0.05) is 13.8 Å². The standard InChI is InChI=1S/C14H18O4/c1-8(2)7-9-5-6-10-11(12(9)15)13(16)18-14(3,4)17-10/h5-6,8,15H,7H2,1-4H3. The van der Waals surface area contributed by atoms with E-state index in [1.54, 1.807) is 26.0 Å². The number of esters is 1. The second kappa shape index (κ2) is 4.19. The van der Waals surface area contributed by atoms with Gasteiger partial charge in [0.2, 0.25) is 5.79 Å². The van der Waals surface area contributed by atoms with E-state index in [2.05, 4.69) is 13.8 Å². The molecule has 0 spiro atoms. The lowest BCUT2D eigenvalue weighted by molar-refractivity contribution is -0.127. The molecule has 0 amide bonds. The highest BCUT2D eigenvalue weighted by molar-refractivity contribution is 5.97. The van der Waals surface area contributed by atoms with E-state index in [1.165, 1.54) is 0 Å². The maximum atomic E-state index is 11.9. The summed E-state index contributed by atoms with van der Waals surface area (Å²) in [5.41, 5.74) is 0.872. The number of hydrogen-bond acceptors (Lipinski definition) is 4. The maximum Gasteiger partial charge on any atom is 0.349 e. The molecule has 0 radical (unpaired) electrons. The van der Waals surface area contributed by atoms with Crippen LogP contribution in [-0.2, 0) is 11.2 Å². The number of aromatic hydroxyl groups is 1. The highest BCUT2D eigenvalue weighted by Gasteiger charge is 2.36. The summed E-state index contributed by atoms with van der Waals surface area (Å²) >= 11 is 0. The van der Waals surface area contributed by atoms with Crippen molar-refractivity contribution in [1.82, 2.24) is 0 Å². The third-order valence-electron chi connectivity index (χ3n) is 2.75. The normalized spacial score (nSPS) is 17.1. The van der Waals surface area contributed by atoms with Crippen LogP contribution in [0.5, 0.6) is 11.5 Å². The predicted molar refractivity (Wildman–Crippen MR) is 66.8 cm³/mol. The van der Waals surface area contributed by atoms with Crippen molar-refractivity contribution in [2.24, 2.45) is 5.92 Å². The van der Waals surface area contributed by atoms with Gasteiger partial charge in [0.05, 0.1) is 0 Å². The minimum Gasteiger partial charge on any atom is -0.507 e. The first kappa shape index (κ1) is 12.7. The lowest BCUT2D eigenvalue weighted by Crippen LogP contribution is -2.38. The maximum absolute atomic E-state index is 11.9. The van der Waals surface area contributed by atoms with Crippen molar-refractivity contribution < 1.29 is 19.4 Å². The van der Waals surface area contributed by atoms with Crippen LogP contribution in [0.15, 0.2) is 12.1 Å². The van der Waals surface area contributed by atoms with Crippen molar-refractivity contribution in [3.05, 3.63) is 23.3 Å². The van der Waals surface area contributed by atoms with Crippen molar-refractivity contribution >= 4 is 5.97 Å². The fraction of sp³-hybridized carbons (Fsp3) is 0.500. The molecule has 2 rings (SSSR count). The first-order valence-corrected chi connectivity index (χ1v) is 6.07. The van der Waals surface area contributed by atoms with Gasteiger partial charge in [-0.05, 0) is 24.0 Å². The minimum absolute atomic E-state index is 0.0262. The van der Waals surface area contributed by atoms with E-state index in [9.17, 15) is 9.90 Å². The Balaban J connectivity index is 2.46. The molecule has 1 heterocycles. The summed E-state index contributed by atoms with van der Waals surface area (Å²) < 4.78 is 10.6. The van der Waals surface area contributed by atoms with Crippen molar-refractivity contribution in [1.29, 1.82) is 0 Å². The van der Waals surface area contributed by atoms with Gasteiger partial charge in [-0.2, -0.15) is 0 Å². The summed E-state index contributed by atoms with van der Waals surface area (Å²) in [6.07, 6.45) is 0.704. The number of phenolic OH excluding ortho intramolecular Hbond substituents is 1. The van der Waals surface area contributed by atoms with Gasteiger partial charge in [0.1, 0.15) is 17.1 Å². The van der Waals surface area contributed by atoms with Gasteiger partial charge in [-0.25, -0.2) is 4.79 Å². The van der Waals surface area contributed by atoms with Crippen molar-refractivity contribution in [2.45, 2.75) is 39.9 Å². The summed E-state index contributed by atoms with van der Waals surface area (Å²) in [6, 6.07) is 3.51. The Morgan fingerprint density at radius 1 is 1.28 bits per heavy atom. The van der Waals surface area contributed by atoms with Crippen LogP contribution in [0, 0.1) is 5.92 Å². The van der Waals surface area contributed by atoms with E-state index >= 15 is 0 Å². The number of ether oxygens (including phenoxy) is 2. The van der Waals surface area contributed by atoms with Gasteiger partial charge in [-0.1, -0.05) is 19.9 Å². The summed E-state index contributed by atoms with van der Waals surface area (Å²) in [4.78, 5) is 11.9. The Hall–Kier alpha value is -1.71. The molecule has 0 unspecified atom stereocenters. The van der Waals surface area contributed by atoms with Crippen LogP contribution in [0.2, 0.25) is 0 Å². The van der Waals surface area contributed by atoms with Crippen LogP contribution in [0.3, 0.4) is 0 Å². The monoisotopic (exact) mass is 250 g/mol. The Bertz CT molecular complexity index is 489. The average Bonchev–Trinajstić information content (AvgIpc) is 2.19. The molecule has 0 saturated heterocycles. The molecule has 98 valence electrons. The lowest BCUT2D eigenvalue weighted by Gasteiger charge is -2.32. The molecular weight excluding hydrogens is 232 g/mol. The van der Waals surface area contributed by atoms with Gasteiger partial charge < -0.3 is 14.6 Å². The molecule has 0 aliphatic carbocycles. The molecule has 1 N–H and O–H groups in total. The number of carbonyl (C=O) groups excluding carboxylic acids is 1. The Morgan fingerprint density at radius 2 is 1.94 bits per heavy atom. The van der Waals surface area contributed by atoms with E-state index in [0.717, 1.165) is 5.56 Å². The van der Waals surface area contributed by atoms with E-state index in [-0.39, 0.29) is 11.3 Å². The predicted octanol–water partition coefficient (Wildman–Crippen LogP) is 2.88. The van der Waals surface area contributed by atoms with Gasteiger partial charge in [-0.3, -0.25) is 0 Å². The number of cyclic esters (lactones) is 1. The molecule has 1 aromatic carbocycles. The van der Waals surface area contributed by atoms with Gasteiger partial charge in [0.15, 0.2) is 0 Å². The fourth-order valence-electron chi connectivity index (χ4n) is 2.06.